The molecule has 0 radical (unpaired) electrons. The number of fused-ring (bicyclic) bond motifs is 2. The van der Waals surface area contributed by atoms with Crippen LogP contribution < -0.4 is 0 Å². The van der Waals surface area contributed by atoms with Gasteiger partial charge in [0.2, 0.25) is 0 Å². The van der Waals surface area contributed by atoms with Gasteiger partial charge in [-0.25, -0.2) is 0 Å². The largest absolute Gasteiger partial charge is 0.392 e. The van der Waals surface area contributed by atoms with Crippen molar-refractivity contribution in [3.05, 3.63) is 12.2 Å². The average molecular weight is 265 g/mol. The molecule has 2 fully saturated rings. The van der Waals surface area contributed by atoms with Crippen LogP contribution in [0.5, 0.6) is 0 Å². The zero-order chi connectivity index (χ0) is 13.7. The van der Waals surface area contributed by atoms with Crippen molar-refractivity contribution in [3.8, 4) is 6.07 Å². The molecule has 0 aliphatic carbocycles. The topological polar surface area (TPSA) is 62.5 Å². The molecule has 2 aliphatic rings. The first-order valence-corrected chi connectivity index (χ1v) is 7.28. The van der Waals surface area contributed by atoms with E-state index in [0.717, 1.165) is 6.42 Å². The third kappa shape index (κ3) is 3.56. The fourth-order valence-electron chi connectivity index (χ4n) is 2.84. The smallest absolute Gasteiger partial charge is 0.161 e. The van der Waals surface area contributed by atoms with Crippen molar-refractivity contribution in [3.63, 3.8) is 0 Å². The van der Waals surface area contributed by atoms with Gasteiger partial charge >= 0.3 is 0 Å². The molecule has 106 valence electrons. The molecule has 2 rings (SSSR count). The predicted octanol–water partition coefficient (Wildman–Crippen LogP) is 2.53. The Morgan fingerprint density at radius 1 is 1.37 bits per heavy atom. The van der Waals surface area contributed by atoms with E-state index in [2.05, 4.69) is 19.1 Å². The minimum atomic E-state index is -0.484. The molecule has 2 bridgehead atoms. The van der Waals surface area contributed by atoms with Crippen molar-refractivity contribution < 1.29 is 14.6 Å². The van der Waals surface area contributed by atoms with E-state index in [9.17, 15) is 5.11 Å². The summed E-state index contributed by atoms with van der Waals surface area (Å²) in [5, 5.41) is 18.9. The van der Waals surface area contributed by atoms with Crippen LogP contribution in [-0.2, 0) is 9.47 Å². The van der Waals surface area contributed by atoms with Crippen molar-refractivity contribution in [1.29, 1.82) is 5.26 Å². The van der Waals surface area contributed by atoms with Gasteiger partial charge in [-0.1, -0.05) is 31.9 Å². The van der Waals surface area contributed by atoms with E-state index >= 15 is 0 Å². The molecular weight excluding hydrogens is 242 g/mol. The van der Waals surface area contributed by atoms with E-state index in [1.54, 1.807) is 0 Å². The molecule has 0 aromatic heterocycles. The zero-order valence-corrected chi connectivity index (χ0v) is 11.5. The number of aliphatic hydroxyl groups excluding tert-OH is 1. The summed E-state index contributed by atoms with van der Waals surface area (Å²) < 4.78 is 11.5. The normalized spacial score (nSPS) is 37.6. The summed E-state index contributed by atoms with van der Waals surface area (Å²) >= 11 is 0. The number of rotatable bonds is 6. The molecule has 2 aliphatic heterocycles. The maximum Gasteiger partial charge on any atom is 0.161 e. The van der Waals surface area contributed by atoms with Gasteiger partial charge in [-0.3, -0.25) is 0 Å². The molecule has 0 aromatic rings. The Labute approximate surface area is 115 Å². The molecule has 4 heteroatoms. The predicted molar refractivity (Wildman–Crippen MR) is 71.2 cm³/mol. The standard InChI is InChI=1S/C15H23NO3/c1-2-3-4-5-6-7-13-15-11(8-9-16)12(17)10-14(18-13)19-15/h6-7,11-15,17H,2-5,8,10H2,1H3/b7-6+/t11?,12?,13-,14?,15?/m0/s1. The number of unbranched alkanes of at least 4 members (excludes halogenated alkanes) is 3. The Morgan fingerprint density at radius 3 is 2.95 bits per heavy atom. The van der Waals surface area contributed by atoms with Gasteiger partial charge in [0, 0.05) is 18.8 Å². The van der Waals surface area contributed by atoms with Crippen LogP contribution in [0, 0.1) is 17.2 Å². The van der Waals surface area contributed by atoms with E-state index in [1.165, 1.54) is 19.3 Å². The van der Waals surface area contributed by atoms with Crippen molar-refractivity contribution in [2.75, 3.05) is 0 Å². The fourth-order valence-corrected chi connectivity index (χ4v) is 2.84. The summed E-state index contributed by atoms with van der Waals surface area (Å²) in [5.74, 6) is -0.131. The number of hydrogen-bond acceptors (Lipinski definition) is 4. The van der Waals surface area contributed by atoms with E-state index in [0.29, 0.717) is 12.8 Å². The summed E-state index contributed by atoms with van der Waals surface area (Å²) in [6.45, 7) is 2.19. The number of nitriles is 1. The van der Waals surface area contributed by atoms with Crippen LogP contribution in [-0.4, -0.2) is 29.7 Å². The molecule has 0 spiro atoms. The lowest BCUT2D eigenvalue weighted by atomic mass is 9.87. The molecule has 5 atom stereocenters. The van der Waals surface area contributed by atoms with Gasteiger partial charge < -0.3 is 14.6 Å². The second-order valence-electron chi connectivity index (χ2n) is 5.38. The van der Waals surface area contributed by atoms with Gasteiger partial charge in [0.05, 0.1) is 18.3 Å². The maximum atomic E-state index is 10.0. The van der Waals surface area contributed by atoms with Crippen LogP contribution >= 0.6 is 0 Å². The Balaban J connectivity index is 1.90. The highest BCUT2D eigenvalue weighted by atomic mass is 16.7. The Bertz CT molecular complexity index is 350. The SMILES string of the molecule is CCCCC/C=C/[C@@H]1OC2CC(O)C(CC#N)C1O2. The van der Waals surface area contributed by atoms with Crippen LogP contribution in [0.1, 0.15) is 45.4 Å². The maximum absolute atomic E-state index is 10.0. The highest BCUT2D eigenvalue weighted by Crippen LogP contribution is 2.38. The number of aliphatic hydroxyl groups is 1. The Morgan fingerprint density at radius 2 is 2.21 bits per heavy atom. The fraction of sp³-hybridized carbons (Fsp3) is 0.800. The third-order valence-electron chi connectivity index (χ3n) is 3.92. The monoisotopic (exact) mass is 265 g/mol. The molecule has 2 heterocycles. The minimum Gasteiger partial charge on any atom is -0.392 e. The van der Waals surface area contributed by atoms with Crippen LogP contribution in [0.3, 0.4) is 0 Å². The summed E-state index contributed by atoms with van der Waals surface area (Å²) in [6, 6.07) is 2.14. The molecule has 0 saturated carbocycles. The number of ether oxygens (including phenoxy) is 2. The average Bonchev–Trinajstić information content (AvgIpc) is 2.72. The molecule has 2 saturated heterocycles. The van der Waals surface area contributed by atoms with E-state index in [-0.39, 0.29) is 24.4 Å². The van der Waals surface area contributed by atoms with Gasteiger partial charge in [0.25, 0.3) is 0 Å². The highest BCUT2D eigenvalue weighted by Gasteiger charge is 2.47. The first kappa shape index (κ1) is 14.5. The summed E-state index contributed by atoms with van der Waals surface area (Å²) in [7, 11) is 0. The van der Waals surface area contributed by atoms with Gasteiger partial charge in [-0.2, -0.15) is 5.26 Å². The number of nitrogens with zero attached hydrogens (tertiary/aromatic N) is 1. The Kier molecular flexibility index (Phi) is 5.38. The van der Waals surface area contributed by atoms with E-state index in [4.69, 9.17) is 14.7 Å². The van der Waals surface area contributed by atoms with Crippen molar-refractivity contribution >= 4 is 0 Å². The van der Waals surface area contributed by atoms with Crippen LogP contribution in [0.25, 0.3) is 0 Å². The first-order chi connectivity index (χ1) is 9.26. The summed E-state index contributed by atoms with van der Waals surface area (Å²) in [6.07, 6.45) is 8.62. The Hall–Kier alpha value is -0.890. The lowest BCUT2D eigenvalue weighted by Crippen LogP contribution is -2.41. The molecule has 0 aromatic carbocycles. The highest BCUT2D eigenvalue weighted by molar-refractivity contribution is 5.04. The first-order valence-electron chi connectivity index (χ1n) is 7.28. The van der Waals surface area contributed by atoms with Crippen molar-refractivity contribution in [2.24, 2.45) is 5.92 Å². The van der Waals surface area contributed by atoms with Crippen molar-refractivity contribution in [1.82, 2.24) is 0 Å². The van der Waals surface area contributed by atoms with E-state index in [1.807, 2.05) is 6.08 Å². The van der Waals surface area contributed by atoms with Gasteiger partial charge in [-0.15, -0.1) is 0 Å². The number of hydrogen-bond donors (Lipinski definition) is 1. The third-order valence-corrected chi connectivity index (χ3v) is 3.92. The molecule has 1 N–H and O–H groups in total. The second-order valence-corrected chi connectivity index (χ2v) is 5.38. The zero-order valence-electron chi connectivity index (χ0n) is 11.5. The summed E-state index contributed by atoms with van der Waals surface area (Å²) in [5.41, 5.74) is 0. The van der Waals surface area contributed by atoms with E-state index < -0.39 is 6.10 Å². The van der Waals surface area contributed by atoms with Gasteiger partial charge in [0.1, 0.15) is 6.10 Å². The molecule has 0 amide bonds. The van der Waals surface area contributed by atoms with Crippen LogP contribution in [0.2, 0.25) is 0 Å². The summed E-state index contributed by atoms with van der Waals surface area (Å²) in [4.78, 5) is 0. The van der Waals surface area contributed by atoms with Crippen LogP contribution in [0.4, 0.5) is 0 Å². The van der Waals surface area contributed by atoms with Gasteiger partial charge in [-0.05, 0) is 12.8 Å². The molecule has 4 nitrogen and oxygen atoms in total. The lowest BCUT2D eigenvalue weighted by molar-refractivity contribution is -0.141. The van der Waals surface area contributed by atoms with Crippen LogP contribution in [0.15, 0.2) is 12.2 Å². The van der Waals surface area contributed by atoms with Crippen molar-refractivity contribution in [2.45, 2.75) is 70.1 Å². The quantitative estimate of drug-likeness (QED) is 0.592. The molecular formula is C15H23NO3. The lowest BCUT2D eigenvalue weighted by Gasteiger charge is -2.31. The van der Waals surface area contributed by atoms with Gasteiger partial charge in [0.15, 0.2) is 6.29 Å². The minimum absolute atomic E-state index is 0.109. The molecule has 19 heavy (non-hydrogen) atoms. The molecule has 4 unspecified atom stereocenters. The number of allylic oxidation sites excluding steroid dienone is 1. The second kappa shape index (κ2) is 7.04.